The largest absolute Gasteiger partial charge is 0.360 e. The van der Waals surface area contributed by atoms with E-state index in [1.54, 1.807) is 0 Å². The first kappa shape index (κ1) is 14.3. The molecule has 0 spiro atoms. The van der Waals surface area contributed by atoms with Gasteiger partial charge in [0, 0.05) is 18.1 Å². The first-order valence-electron chi connectivity index (χ1n) is 5.70. The maximum atomic E-state index is 5.88. The summed E-state index contributed by atoms with van der Waals surface area (Å²) >= 11 is 11.2. The Morgan fingerprint density at radius 3 is 2.24 bits per heavy atom. The predicted octanol–water partition coefficient (Wildman–Crippen LogP) is 3.62. The molecular weight excluding hydrogens is 252 g/mol. The van der Waals surface area contributed by atoms with Crippen molar-refractivity contribution in [3.8, 4) is 0 Å². The SMILES string of the molecule is CC(C)NC(=S)N(C)C(C)c1ccc(Cl)cc1. The van der Waals surface area contributed by atoms with E-state index in [9.17, 15) is 0 Å². The molecule has 0 radical (unpaired) electrons. The number of benzene rings is 1. The van der Waals surface area contributed by atoms with Crippen molar-refractivity contribution in [1.29, 1.82) is 0 Å². The average molecular weight is 271 g/mol. The van der Waals surface area contributed by atoms with Gasteiger partial charge >= 0.3 is 0 Å². The van der Waals surface area contributed by atoms with Crippen LogP contribution in [0.3, 0.4) is 0 Å². The van der Waals surface area contributed by atoms with Gasteiger partial charge in [0.2, 0.25) is 0 Å². The fourth-order valence-corrected chi connectivity index (χ4v) is 2.01. The first-order valence-corrected chi connectivity index (χ1v) is 6.49. The maximum absolute atomic E-state index is 5.88. The van der Waals surface area contributed by atoms with Crippen LogP contribution in [0.2, 0.25) is 5.02 Å². The molecule has 0 saturated carbocycles. The van der Waals surface area contributed by atoms with E-state index >= 15 is 0 Å². The van der Waals surface area contributed by atoms with Gasteiger partial charge in [-0.1, -0.05) is 23.7 Å². The van der Waals surface area contributed by atoms with Crippen molar-refractivity contribution in [1.82, 2.24) is 10.2 Å². The number of thiocarbonyl (C=S) groups is 1. The molecule has 0 aromatic heterocycles. The fourth-order valence-electron chi connectivity index (χ4n) is 1.49. The molecule has 0 amide bonds. The smallest absolute Gasteiger partial charge is 0.169 e. The Bertz CT molecular complexity index is 376. The van der Waals surface area contributed by atoms with Gasteiger partial charge in [0.1, 0.15) is 0 Å². The molecule has 0 saturated heterocycles. The second-order valence-corrected chi connectivity index (χ2v) is 5.27. The van der Waals surface area contributed by atoms with Gasteiger partial charge in [-0.2, -0.15) is 0 Å². The molecule has 17 heavy (non-hydrogen) atoms. The Morgan fingerprint density at radius 2 is 1.76 bits per heavy atom. The minimum absolute atomic E-state index is 0.228. The topological polar surface area (TPSA) is 15.3 Å². The van der Waals surface area contributed by atoms with Gasteiger partial charge in [-0.3, -0.25) is 0 Å². The minimum atomic E-state index is 0.228. The second-order valence-electron chi connectivity index (χ2n) is 4.44. The lowest BCUT2D eigenvalue weighted by Crippen LogP contribution is -2.41. The standard InChI is InChI=1S/C13H19ClN2S/c1-9(2)15-13(17)16(4)10(3)11-5-7-12(14)8-6-11/h5-10H,1-4H3,(H,15,17). The lowest BCUT2D eigenvalue weighted by atomic mass is 10.1. The van der Waals surface area contributed by atoms with Crippen molar-refractivity contribution in [3.05, 3.63) is 34.9 Å². The Labute approximate surface area is 114 Å². The molecule has 0 fully saturated rings. The number of halogens is 1. The van der Waals surface area contributed by atoms with Crippen LogP contribution in [-0.4, -0.2) is 23.1 Å². The van der Waals surface area contributed by atoms with E-state index < -0.39 is 0 Å². The third-order valence-corrected chi connectivity index (χ3v) is 3.32. The lowest BCUT2D eigenvalue weighted by Gasteiger charge is -2.29. The molecule has 2 nitrogen and oxygen atoms in total. The van der Waals surface area contributed by atoms with Crippen LogP contribution in [0.4, 0.5) is 0 Å². The van der Waals surface area contributed by atoms with Crippen molar-refractivity contribution in [2.24, 2.45) is 0 Å². The Kier molecular flexibility index (Phi) is 5.22. The van der Waals surface area contributed by atoms with Crippen LogP contribution in [0.5, 0.6) is 0 Å². The number of rotatable bonds is 3. The average Bonchev–Trinajstić information content (AvgIpc) is 2.27. The van der Waals surface area contributed by atoms with Crippen molar-refractivity contribution in [2.45, 2.75) is 32.9 Å². The number of hydrogen-bond donors (Lipinski definition) is 1. The maximum Gasteiger partial charge on any atom is 0.169 e. The molecule has 0 heterocycles. The Morgan fingerprint density at radius 1 is 1.24 bits per heavy atom. The molecule has 94 valence electrons. The number of nitrogens with zero attached hydrogens (tertiary/aromatic N) is 1. The quantitative estimate of drug-likeness (QED) is 0.845. The summed E-state index contributed by atoms with van der Waals surface area (Å²) in [6.07, 6.45) is 0. The highest BCUT2D eigenvalue weighted by atomic mass is 35.5. The zero-order valence-corrected chi connectivity index (χ0v) is 12.3. The number of hydrogen-bond acceptors (Lipinski definition) is 1. The zero-order valence-electron chi connectivity index (χ0n) is 10.7. The van der Waals surface area contributed by atoms with Crippen molar-refractivity contribution in [3.63, 3.8) is 0 Å². The molecule has 0 aliphatic heterocycles. The highest BCUT2D eigenvalue weighted by molar-refractivity contribution is 7.80. The number of nitrogens with one attached hydrogen (secondary N) is 1. The molecule has 0 bridgehead atoms. The van der Waals surface area contributed by atoms with Crippen molar-refractivity contribution in [2.75, 3.05) is 7.05 Å². The summed E-state index contributed by atoms with van der Waals surface area (Å²) in [6.45, 7) is 6.28. The fraction of sp³-hybridized carbons (Fsp3) is 0.462. The van der Waals surface area contributed by atoms with E-state index in [1.165, 1.54) is 5.56 Å². The predicted molar refractivity (Wildman–Crippen MR) is 78.5 cm³/mol. The molecular formula is C13H19ClN2S. The molecule has 1 rings (SSSR count). The van der Waals surface area contributed by atoms with Crippen LogP contribution in [0, 0.1) is 0 Å². The van der Waals surface area contributed by atoms with Crippen molar-refractivity contribution >= 4 is 28.9 Å². The van der Waals surface area contributed by atoms with E-state index in [4.69, 9.17) is 23.8 Å². The third kappa shape index (κ3) is 4.17. The van der Waals surface area contributed by atoms with Crippen LogP contribution < -0.4 is 5.32 Å². The van der Waals surface area contributed by atoms with Gasteiger partial charge < -0.3 is 10.2 Å². The molecule has 0 aliphatic carbocycles. The summed E-state index contributed by atoms with van der Waals surface area (Å²) in [4.78, 5) is 2.05. The van der Waals surface area contributed by atoms with Gasteiger partial charge in [-0.15, -0.1) is 0 Å². The molecule has 4 heteroatoms. The Balaban J connectivity index is 2.72. The summed E-state index contributed by atoms with van der Waals surface area (Å²) < 4.78 is 0. The Hall–Kier alpha value is -0.800. The van der Waals surface area contributed by atoms with Crippen LogP contribution >= 0.6 is 23.8 Å². The first-order chi connectivity index (χ1) is 7.91. The van der Waals surface area contributed by atoms with E-state index in [0.29, 0.717) is 6.04 Å². The summed E-state index contributed by atoms with van der Waals surface area (Å²) in [6, 6.07) is 8.44. The zero-order chi connectivity index (χ0) is 13.0. The summed E-state index contributed by atoms with van der Waals surface area (Å²) in [5.41, 5.74) is 1.20. The molecule has 1 atom stereocenters. The summed E-state index contributed by atoms with van der Waals surface area (Å²) in [5, 5.41) is 4.76. The van der Waals surface area contributed by atoms with Gasteiger partial charge in [-0.25, -0.2) is 0 Å². The highest BCUT2D eigenvalue weighted by Crippen LogP contribution is 2.20. The summed E-state index contributed by atoms with van der Waals surface area (Å²) in [7, 11) is 2.00. The monoisotopic (exact) mass is 270 g/mol. The van der Waals surface area contributed by atoms with E-state index in [2.05, 4.69) is 31.0 Å². The van der Waals surface area contributed by atoms with Gasteiger partial charge in [-0.05, 0) is 50.7 Å². The normalized spacial score (nSPS) is 12.4. The van der Waals surface area contributed by atoms with Gasteiger partial charge in [0.25, 0.3) is 0 Å². The third-order valence-electron chi connectivity index (χ3n) is 2.67. The lowest BCUT2D eigenvalue weighted by molar-refractivity contribution is 0.392. The van der Waals surface area contributed by atoms with E-state index in [1.807, 2.05) is 31.3 Å². The van der Waals surface area contributed by atoms with Crippen LogP contribution in [-0.2, 0) is 0 Å². The van der Waals surface area contributed by atoms with Gasteiger partial charge in [0.15, 0.2) is 5.11 Å². The van der Waals surface area contributed by atoms with Crippen molar-refractivity contribution < 1.29 is 0 Å². The van der Waals surface area contributed by atoms with Gasteiger partial charge in [0.05, 0.1) is 6.04 Å². The molecule has 1 N–H and O–H groups in total. The van der Waals surface area contributed by atoms with E-state index in [0.717, 1.165) is 10.1 Å². The highest BCUT2D eigenvalue weighted by Gasteiger charge is 2.14. The van der Waals surface area contributed by atoms with Crippen LogP contribution in [0.25, 0.3) is 0 Å². The summed E-state index contributed by atoms with van der Waals surface area (Å²) in [5.74, 6) is 0. The van der Waals surface area contributed by atoms with E-state index in [-0.39, 0.29) is 6.04 Å². The van der Waals surface area contributed by atoms with Crippen LogP contribution in [0.15, 0.2) is 24.3 Å². The molecule has 0 aliphatic rings. The minimum Gasteiger partial charge on any atom is -0.360 e. The molecule has 1 aromatic carbocycles. The molecule has 1 unspecified atom stereocenters. The second kappa shape index (κ2) is 6.22. The molecule has 1 aromatic rings. The van der Waals surface area contributed by atoms with Crippen LogP contribution in [0.1, 0.15) is 32.4 Å².